The van der Waals surface area contributed by atoms with E-state index in [1.54, 1.807) is 36.5 Å². The number of pyridine rings is 1. The van der Waals surface area contributed by atoms with E-state index < -0.39 is 0 Å². The predicted molar refractivity (Wildman–Crippen MR) is 103 cm³/mol. The van der Waals surface area contributed by atoms with Crippen molar-refractivity contribution in [2.24, 2.45) is 0 Å². The van der Waals surface area contributed by atoms with Gasteiger partial charge >= 0.3 is 0 Å². The normalized spacial score (nSPS) is 10.0. The standard InChI is InChI=1S/C21H18N4O/c1-14-6-7-15(2)19(10-14)25-21(26)20-12-18(8-9-23-20)24-17-5-3-4-16(11-17)13-22/h3-12H,1-2H3,(H,23,24)(H,25,26). The third kappa shape index (κ3) is 4.05. The highest BCUT2D eigenvalue weighted by molar-refractivity contribution is 6.03. The molecular weight excluding hydrogens is 324 g/mol. The molecule has 0 radical (unpaired) electrons. The minimum absolute atomic E-state index is 0.270. The number of carbonyl (C=O) groups is 1. The Labute approximate surface area is 152 Å². The predicted octanol–water partition coefficient (Wildman–Crippen LogP) is 4.57. The lowest BCUT2D eigenvalue weighted by Crippen LogP contribution is -2.14. The first-order valence-corrected chi connectivity index (χ1v) is 8.17. The number of nitrogens with one attached hydrogen (secondary N) is 2. The van der Waals surface area contributed by atoms with E-state index in [1.165, 1.54) is 0 Å². The summed E-state index contributed by atoms with van der Waals surface area (Å²) < 4.78 is 0. The molecule has 2 aromatic carbocycles. The number of benzene rings is 2. The van der Waals surface area contributed by atoms with Gasteiger partial charge in [-0.3, -0.25) is 9.78 Å². The molecule has 0 atom stereocenters. The average molecular weight is 342 g/mol. The van der Waals surface area contributed by atoms with E-state index in [4.69, 9.17) is 5.26 Å². The van der Waals surface area contributed by atoms with Crippen LogP contribution >= 0.6 is 0 Å². The Hall–Kier alpha value is -3.65. The van der Waals surface area contributed by atoms with E-state index in [1.807, 2.05) is 38.1 Å². The number of anilines is 3. The van der Waals surface area contributed by atoms with Crippen molar-refractivity contribution < 1.29 is 4.79 Å². The van der Waals surface area contributed by atoms with Gasteiger partial charge in [-0.15, -0.1) is 0 Å². The van der Waals surface area contributed by atoms with Crippen LogP contribution in [0.15, 0.2) is 60.8 Å². The second-order valence-electron chi connectivity index (χ2n) is 6.02. The van der Waals surface area contributed by atoms with Crippen molar-refractivity contribution in [3.63, 3.8) is 0 Å². The summed E-state index contributed by atoms with van der Waals surface area (Å²) in [5.41, 5.74) is 5.22. The number of amides is 1. The molecule has 0 spiro atoms. The highest BCUT2D eigenvalue weighted by Crippen LogP contribution is 2.20. The number of aromatic nitrogens is 1. The van der Waals surface area contributed by atoms with Gasteiger partial charge in [0.05, 0.1) is 11.6 Å². The van der Waals surface area contributed by atoms with Crippen LogP contribution in [0.1, 0.15) is 27.2 Å². The molecule has 1 aromatic heterocycles. The van der Waals surface area contributed by atoms with Gasteiger partial charge in [0.1, 0.15) is 5.69 Å². The van der Waals surface area contributed by atoms with Gasteiger partial charge in [0.25, 0.3) is 5.91 Å². The summed E-state index contributed by atoms with van der Waals surface area (Å²) in [7, 11) is 0. The molecule has 0 unspecified atom stereocenters. The Kier molecular flexibility index (Phi) is 4.95. The van der Waals surface area contributed by atoms with Gasteiger partial charge in [0.2, 0.25) is 0 Å². The van der Waals surface area contributed by atoms with Crippen LogP contribution in [0.4, 0.5) is 17.1 Å². The smallest absolute Gasteiger partial charge is 0.274 e. The quantitative estimate of drug-likeness (QED) is 0.728. The van der Waals surface area contributed by atoms with E-state index in [2.05, 4.69) is 21.7 Å². The highest BCUT2D eigenvalue weighted by Gasteiger charge is 2.10. The molecule has 1 heterocycles. The Bertz CT molecular complexity index is 1000. The van der Waals surface area contributed by atoms with Crippen molar-refractivity contribution in [3.05, 3.63) is 83.2 Å². The van der Waals surface area contributed by atoms with Gasteiger partial charge in [0.15, 0.2) is 0 Å². The molecule has 128 valence electrons. The van der Waals surface area contributed by atoms with Crippen molar-refractivity contribution in [3.8, 4) is 6.07 Å². The SMILES string of the molecule is Cc1ccc(C)c(NC(=O)c2cc(Nc3cccc(C#N)c3)ccn2)c1. The summed E-state index contributed by atoms with van der Waals surface area (Å²) in [6.45, 7) is 3.93. The number of aryl methyl sites for hydroxylation is 2. The summed E-state index contributed by atoms with van der Waals surface area (Å²) in [5.74, 6) is -0.270. The van der Waals surface area contributed by atoms with Gasteiger partial charge in [-0.25, -0.2) is 0 Å². The van der Waals surface area contributed by atoms with Crippen LogP contribution in [0.25, 0.3) is 0 Å². The molecule has 0 aliphatic carbocycles. The molecule has 26 heavy (non-hydrogen) atoms. The Morgan fingerprint density at radius 1 is 1.04 bits per heavy atom. The van der Waals surface area contributed by atoms with Crippen LogP contribution in [-0.4, -0.2) is 10.9 Å². The summed E-state index contributed by atoms with van der Waals surface area (Å²) in [6, 6.07) is 18.6. The van der Waals surface area contributed by atoms with E-state index >= 15 is 0 Å². The first-order chi connectivity index (χ1) is 12.5. The van der Waals surface area contributed by atoms with Crippen LogP contribution in [0.3, 0.4) is 0 Å². The number of rotatable bonds is 4. The summed E-state index contributed by atoms with van der Waals surface area (Å²) in [5, 5.41) is 15.1. The maximum absolute atomic E-state index is 12.5. The summed E-state index contributed by atoms with van der Waals surface area (Å²) in [4.78, 5) is 16.7. The zero-order valence-electron chi connectivity index (χ0n) is 14.6. The Morgan fingerprint density at radius 3 is 2.65 bits per heavy atom. The molecule has 0 saturated carbocycles. The van der Waals surface area contributed by atoms with Crippen molar-refractivity contribution in [1.82, 2.24) is 4.98 Å². The second-order valence-corrected chi connectivity index (χ2v) is 6.02. The highest BCUT2D eigenvalue weighted by atomic mass is 16.1. The number of nitrogens with zero attached hydrogens (tertiary/aromatic N) is 2. The summed E-state index contributed by atoms with van der Waals surface area (Å²) in [6.07, 6.45) is 1.58. The lowest BCUT2D eigenvalue weighted by Gasteiger charge is -2.11. The van der Waals surface area contributed by atoms with Crippen LogP contribution in [0.5, 0.6) is 0 Å². The van der Waals surface area contributed by atoms with Gasteiger partial charge in [-0.1, -0.05) is 18.2 Å². The molecule has 3 aromatic rings. The summed E-state index contributed by atoms with van der Waals surface area (Å²) >= 11 is 0. The van der Waals surface area contributed by atoms with Gasteiger partial charge in [0, 0.05) is 23.3 Å². The fourth-order valence-electron chi connectivity index (χ4n) is 2.52. The number of carbonyl (C=O) groups excluding carboxylic acids is 1. The average Bonchev–Trinajstić information content (AvgIpc) is 2.65. The van der Waals surface area contributed by atoms with Crippen LogP contribution in [0.2, 0.25) is 0 Å². The van der Waals surface area contributed by atoms with E-state index in [9.17, 15) is 4.79 Å². The van der Waals surface area contributed by atoms with Crippen LogP contribution in [-0.2, 0) is 0 Å². The van der Waals surface area contributed by atoms with Crippen LogP contribution < -0.4 is 10.6 Å². The molecule has 0 fully saturated rings. The Balaban J connectivity index is 1.79. The molecule has 5 nitrogen and oxygen atoms in total. The van der Waals surface area contributed by atoms with Gasteiger partial charge < -0.3 is 10.6 Å². The monoisotopic (exact) mass is 342 g/mol. The molecule has 3 rings (SSSR count). The number of hydrogen-bond donors (Lipinski definition) is 2. The molecule has 1 amide bonds. The first kappa shape index (κ1) is 17.2. The zero-order chi connectivity index (χ0) is 18.5. The maximum atomic E-state index is 12.5. The molecule has 5 heteroatoms. The third-order valence-corrected chi connectivity index (χ3v) is 3.91. The fraction of sp³-hybridized carbons (Fsp3) is 0.0952. The van der Waals surface area contributed by atoms with Gasteiger partial charge in [-0.2, -0.15) is 5.26 Å². The lowest BCUT2D eigenvalue weighted by atomic mass is 10.1. The minimum atomic E-state index is -0.270. The largest absolute Gasteiger partial charge is 0.355 e. The van der Waals surface area contributed by atoms with Gasteiger partial charge in [-0.05, 0) is 61.4 Å². The molecule has 0 aliphatic rings. The van der Waals surface area contributed by atoms with E-state index in [0.717, 1.165) is 28.2 Å². The zero-order valence-corrected chi connectivity index (χ0v) is 14.6. The Morgan fingerprint density at radius 2 is 1.85 bits per heavy atom. The minimum Gasteiger partial charge on any atom is -0.355 e. The molecule has 0 saturated heterocycles. The fourth-order valence-corrected chi connectivity index (χ4v) is 2.52. The second kappa shape index (κ2) is 7.49. The molecular formula is C21H18N4O. The van der Waals surface area contributed by atoms with E-state index in [0.29, 0.717) is 11.3 Å². The van der Waals surface area contributed by atoms with Crippen LogP contribution in [0, 0.1) is 25.2 Å². The lowest BCUT2D eigenvalue weighted by molar-refractivity contribution is 0.102. The first-order valence-electron chi connectivity index (χ1n) is 8.17. The molecule has 0 bridgehead atoms. The number of hydrogen-bond acceptors (Lipinski definition) is 4. The molecule has 2 N–H and O–H groups in total. The van der Waals surface area contributed by atoms with E-state index in [-0.39, 0.29) is 5.91 Å². The maximum Gasteiger partial charge on any atom is 0.274 e. The van der Waals surface area contributed by atoms with Crippen molar-refractivity contribution >= 4 is 23.0 Å². The molecule has 0 aliphatic heterocycles. The van der Waals surface area contributed by atoms with Crippen molar-refractivity contribution in [2.45, 2.75) is 13.8 Å². The van der Waals surface area contributed by atoms with Crippen molar-refractivity contribution in [2.75, 3.05) is 10.6 Å². The van der Waals surface area contributed by atoms with Crippen molar-refractivity contribution in [1.29, 1.82) is 5.26 Å². The topological polar surface area (TPSA) is 77.8 Å². The third-order valence-electron chi connectivity index (χ3n) is 3.91. The number of nitriles is 1.